The molecular formula is C20H15N5O7. The number of aliphatic hydroxyl groups is 1. The van der Waals surface area contributed by atoms with Crippen molar-refractivity contribution in [3.05, 3.63) is 80.7 Å². The van der Waals surface area contributed by atoms with Gasteiger partial charge in [0.1, 0.15) is 0 Å². The van der Waals surface area contributed by atoms with Gasteiger partial charge in [-0.1, -0.05) is 11.7 Å². The van der Waals surface area contributed by atoms with Crippen LogP contribution in [0.4, 0.5) is 17.1 Å². The summed E-state index contributed by atoms with van der Waals surface area (Å²) in [5.74, 6) is -0.961. The van der Waals surface area contributed by atoms with Crippen molar-refractivity contribution in [1.29, 1.82) is 0 Å². The summed E-state index contributed by atoms with van der Waals surface area (Å²) in [6, 6.07) is 9.11. The van der Waals surface area contributed by atoms with Crippen LogP contribution in [0.25, 0.3) is 17.0 Å². The molecule has 1 atom stereocenters. The number of nitro benzene ring substituents is 2. The summed E-state index contributed by atoms with van der Waals surface area (Å²) in [5.41, 5.74) is -2.34. The van der Waals surface area contributed by atoms with Gasteiger partial charge in [-0.05, 0) is 25.1 Å². The maximum absolute atomic E-state index is 13.1. The molecule has 0 saturated carbocycles. The fourth-order valence-corrected chi connectivity index (χ4v) is 3.54. The Morgan fingerprint density at radius 3 is 2.38 bits per heavy atom. The molecule has 0 aliphatic carbocycles. The van der Waals surface area contributed by atoms with Gasteiger partial charge >= 0.3 is 0 Å². The molecule has 1 aromatic heterocycles. The van der Waals surface area contributed by atoms with Gasteiger partial charge in [0.2, 0.25) is 11.4 Å². The topological polar surface area (TPSA) is 166 Å². The highest BCUT2D eigenvalue weighted by Gasteiger charge is 2.53. The summed E-state index contributed by atoms with van der Waals surface area (Å²) >= 11 is 0. The van der Waals surface area contributed by atoms with Crippen molar-refractivity contribution in [2.45, 2.75) is 12.5 Å². The van der Waals surface area contributed by atoms with Gasteiger partial charge in [-0.15, -0.1) is 0 Å². The molecule has 0 bridgehead atoms. The van der Waals surface area contributed by atoms with Gasteiger partial charge in [-0.2, -0.15) is 4.98 Å². The SMILES string of the molecule is C=C(c1nc(-c2ccc([N+](=O)[O-])cc2)no1)C1(O)C(=O)N(CC)c2ccc([N+](=O)[O-])cc21. The van der Waals surface area contributed by atoms with E-state index in [1.807, 2.05) is 0 Å². The summed E-state index contributed by atoms with van der Waals surface area (Å²) in [4.78, 5) is 39.4. The molecule has 12 heteroatoms. The lowest BCUT2D eigenvalue weighted by atomic mass is 9.87. The van der Waals surface area contributed by atoms with E-state index >= 15 is 0 Å². The van der Waals surface area contributed by atoms with Gasteiger partial charge in [-0.25, -0.2) is 0 Å². The number of rotatable bonds is 6. The highest BCUT2D eigenvalue weighted by Crippen LogP contribution is 2.48. The Bertz CT molecular complexity index is 1280. The smallest absolute Gasteiger partial charge is 0.269 e. The van der Waals surface area contributed by atoms with Gasteiger partial charge in [0.25, 0.3) is 23.2 Å². The first-order valence-electron chi connectivity index (χ1n) is 9.30. The van der Waals surface area contributed by atoms with Crippen molar-refractivity contribution >= 4 is 28.5 Å². The summed E-state index contributed by atoms with van der Waals surface area (Å²) in [7, 11) is 0. The fourth-order valence-electron chi connectivity index (χ4n) is 3.54. The number of nitro groups is 2. The summed E-state index contributed by atoms with van der Waals surface area (Å²) in [6.07, 6.45) is 0. The van der Waals surface area contributed by atoms with Gasteiger partial charge in [0.05, 0.1) is 21.1 Å². The molecular weight excluding hydrogens is 422 g/mol. The largest absolute Gasteiger partial charge is 0.372 e. The van der Waals surface area contributed by atoms with E-state index in [0.29, 0.717) is 11.3 Å². The van der Waals surface area contributed by atoms with E-state index in [0.717, 1.165) is 6.07 Å². The maximum atomic E-state index is 13.1. The minimum Gasteiger partial charge on any atom is -0.372 e. The molecule has 12 nitrogen and oxygen atoms in total. The Labute approximate surface area is 179 Å². The summed E-state index contributed by atoms with van der Waals surface area (Å²) in [5, 5.41) is 37.2. The van der Waals surface area contributed by atoms with E-state index in [1.54, 1.807) is 6.92 Å². The zero-order valence-corrected chi connectivity index (χ0v) is 16.6. The second-order valence-electron chi connectivity index (χ2n) is 6.92. The number of likely N-dealkylation sites (N-methyl/N-ethyl adjacent to an activating group) is 1. The molecule has 1 aliphatic heterocycles. The number of fused-ring (bicyclic) bond motifs is 1. The van der Waals surface area contributed by atoms with Crippen molar-refractivity contribution < 1.29 is 24.3 Å². The van der Waals surface area contributed by atoms with Crippen molar-refractivity contribution in [2.24, 2.45) is 0 Å². The van der Waals surface area contributed by atoms with Gasteiger partial charge in [0, 0.05) is 41.9 Å². The summed E-state index contributed by atoms with van der Waals surface area (Å²) < 4.78 is 5.19. The van der Waals surface area contributed by atoms with Crippen LogP contribution in [0.1, 0.15) is 18.4 Å². The Balaban J connectivity index is 1.75. The third-order valence-corrected chi connectivity index (χ3v) is 5.20. The molecule has 0 fully saturated rings. The number of benzene rings is 2. The van der Waals surface area contributed by atoms with Crippen molar-refractivity contribution in [3.8, 4) is 11.4 Å². The molecule has 162 valence electrons. The van der Waals surface area contributed by atoms with Gasteiger partial charge < -0.3 is 14.5 Å². The molecule has 2 heterocycles. The van der Waals surface area contributed by atoms with Crippen LogP contribution in [0.2, 0.25) is 0 Å². The number of hydrogen-bond acceptors (Lipinski definition) is 9. The van der Waals surface area contributed by atoms with Crippen LogP contribution in [0.5, 0.6) is 0 Å². The van der Waals surface area contributed by atoms with E-state index in [4.69, 9.17) is 4.52 Å². The molecule has 1 aliphatic rings. The number of anilines is 1. The number of aromatic nitrogens is 2. The number of non-ortho nitro benzene ring substituents is 2. The van der Waals surface area contributed by atoms with Gasteiger partial charge in [0.15, 0.2) is 0 Å². The van der Waals surface area contributed by atoms with E-state index < -0.39 is 21.4 Å². The molecule has 1 N–H and O–H groups in total. The molecule has 32 heavy (non-hydrogen) atoms. The average Bonchev–Trinajstić information content (AvgIpc) is 3.35. The molecule has 1 amide bonds. The molecule has 1 unspecified atom stereocenters. The lowest BCUT2D eigenvalue weighted by Gasteiger charge is -2.22. The van der Waals surface area contributed by atoms with Crippen LogP contribution in [0.3, 0.4) is 0 Å². The first kappa shape index (κ1) is 20.8. The van der Waals surface area contributed by atoms with E-state index in [9.17, 15) is 30.1 Å². The second-order valence-corrected chi connectivity index (χ2v) is 6.92. The van der Waals surface area contributed by atoms with Crippen LogP contribution in [-0.2, 0) is 10.4 Å². The third kappa shape index (κ3) is 3.01. The minimum absolute atomic E-state index is 0.0152. The Hall–Kier alpha value is -4.45. The first-order chi connectivity index (χ1) is 15.2. The highest BCUT2D eigenvalue weighted by atomic mass is 16.6. The number of nitrogens with zero attached hydrogens (tertiary/aromatic N) is 5. The number of carbonyl (C=O) groups excluding carboxylic acids is 1. The van der Waals surface area contributed by atoms with E-state index in [-0.39, 0.29) is 40.8 Å². The zero-order valence-electron chi connectivity index (χ0n) is 16.6. The van der Waals surface area contributed by atoms with Crippen LogP contribution in [0, 0.1) is 20.2 Å². The fraction of sp³-hybridized carbons (Fsp3) is 0.150. The normalized spacial score (nSPS) is 17.3. The highest BCUT2D eigenvalue weighted by molar-refractivity contribution is 6.14. The molecule has 0 saturated heterocycles. The van der Waals surface area contributed by atoms with Crippen LogP contribution < -0.4 is 4.90 Å². The Morgan fingerprint density at radius 2 is 1.78 bits per heavy atom. The van der Waals surface area contributed by atoms with Crippen LogP contribution in [0.15, 0.2) is 53.6 Å². The zero-order chi connectivity index (χ0) is 23.2. The van der Waals surface area contributed by atoms with Crippen LogP contribution in [-0.4, -0.2) is 37.5 Å². The molecule has 4 rings (SSSR count). The van der Waals surface area contributed by atoms with E-state index in [1.165, 1.54) is 41.3 Å². The standard InChI is InChI=1S/C20H15N5O7/c1-3-23-16-9-8-14(25(30)31)10-15(16)20(27,19(23)26)11(2)18-21-17(22-32-18)12-4-6-13(7-5-12)24(28)29/h4-10,27H,2-3H2,1H3. The van der Waals surface area contributed by atoms with Crippen molar-refractivity contribution in [3.63, 3.8) is 0 Å². The predicted molar refractivity (Wildman–Crippen MR) is 110 cm³/mol. The molecule has 0 radical (unpaired) electrons. The molecule has 3 aromatic rings. The molecule has 2 aromatic carbocycles. The van der Waals surface area contributed by atoms with Crippen molar-refractivity contribution in [1.82, 2.24) is 10.1 Å². The number of amides is 1. The Morgan fingerprint density at radius 1 is 1.16 bits per heavy atom. The number of hydrogen-bond donors (Lipinski definition) is 1. The van der Waals surface area contributed by atoms with Gasteiger partial charge in [-0.3, -0.25) is 25.0 Å². The predicted octanol–water partition coefficient (Wildman–Crippen LogP) is 2.82. The lowest BCUT2D eigenvalue weighted by molar-refractivity contribution is -0.385. The summed E-state index contributed by atoms with van der Waals surface area (Å²) in [6.45, 7) is 5.66. The Kier molecular flexibility index (Phi) is 4.78. The maximum Gasteiger partial charge on any atom is 0.269 e. The number of carbonyl (C=O) groups is 1. The quantitative estimate of drug-likeness (QED) is 0.450. The lowest BCUT2D eigenvalue weighted by Crippen LogP contribution is -2.41. The van der Waals surface area contributed by atoms with E-state index in [2.05, 4.69) is 16.7 Å². The second kappa shape index (κ2) is 7.35. The first-order valence-corrected chi connectivity index (χ1v) is 9.30. The van der Waals surface area contributed by atoms with Crippen LogP contribution >= 0.6 is 0 Å². The minimum atomic E-state index is -2.35. The third-order valence-electron chi connectivity index (χ3n) is 5.20. The molecule has 0 spiro atoms. The monoisotopic (exact) mass is 437 g/mol. The average molecular weight is 437 g/mol. The van der Waals surface area contributed by atoms with Crippen molar-refractivity contribution in [2.75, 3.05) is 11.4 Å².